The van der Waals surface area contributed by atoms with Gasteiger partial charge in [0, 0.05) is 30.2 Å². The standard InChI is InChI=1S/C20H23N3.C2H6/c21-12-3-4-16-7-9-17(10-8-16)14-22-13-11-18-15-23-20-6-2-1-5-19(18)20;1-2/h1-10,15,22-23H,11-14,21H2;1-2H3/b4-3+;. The van der Waals surface area contributed by atoms with E-state index in [1.165, 1.54) is 27.6 Å². The van der Waals surface area contributed by atoms with Crippen molar-refractivity contribution in [3.8, 4) is 0 Å². The lowest BCUT2D eigenvalue weighted by atomic mass is 10.1. The molecule has 1 heterocycles. The zero-order valence-electron chi connectivity index (χ0n) is 15.3. The fraction of sp³-hybridized carbons (Fsp3) is 0.273. The van der Waals surface area contributed by atoms with Crippen LogP contribution in [0.3, 0.4) is 0 Å². The van der Waals surface area contributed by atoms with Crippen LogP contribution in [0.1, 0.15) is 30.5 Å². The highest BCUT2D eigenvalue weighted by Gasteiger charge is 2.02. The fourth-order valence-electron chi connectivity index (χ4n) is 2.74. The van der Waals surface area contributed by atoms with Crippen molar-refractivity contribution < 1.29 is 0 Å². The Morgan fingerprint density at radius 3 is 2.56 bits per heavy atom. The molecule has 4 N–H and O–H groups in total. The zero-order valence-corrected chi connectivity index (χ0v) is 15.3. The van der Waals surface area contributed by atoms with E-state index in [0.29, 0.717) is 6.54 Å². The normalized spacial score (nSPS) is 10.8. The minimum atomic E-state index is 0.580. The van der Waals surface area contributed by atoms with Crippen molar-refractivity contribution in [2.24, 2.45) is 5.73 Å². The Labute approximate surface area is 151 Å². The van der Waals surface area contributed by atoms with E-state index >= 15 is 0 Å². The van der Waals surface area contributed by atoms with E-state index in [0.717, 1.165) is 19.5 Å². The monoisotopic (exact) mass is 335 g/mol. The van der Waals surface area contributed by atoms with Crippen LogP contribution in [0.5, 0.6) is 0 Å². The predicted molar refractivity (Wildman–Crippen MR) is 110 cm³/mol. The number of fused-ring (bicyclic) bond motifs is 1. The van der Waals surface area contributed by atoms with Gasteiger partial charge in [0.05, 0.1) is 0 Å². The van der Waals surface area contributed by atoms with Crippen molar-refractivity contribution in [2.75, 3.05) is 13.1 Å². The van der Waals surface area contributed by atoms with Gasteiger partial charge in [-0.25, -0.2) is 0 Å². The third kappa shape index (κ3) is 5.59. The van der Waals surface area contributed by atoms with E-state index in [1.54, 1.807) is 0 Å². The maximum absolute atomic E-state index is 5.46. The molecule has 132 valence electrons. The second-order valence-electron chi connectivity index (χ2n) is 5.67. The van der Waals surface area contributed by atoms with Crippen LogP contribution < -0.4 is 11.1 Å². The van der Waals surface area contributed by atoms with E-state index in [9.17, 15) is 0 Å². The van der Waals surface area contributed by atoms with Gasteiger partial charge in [-0.3, -0.25) is 0 Å². The average molecular weight is 335 g/mol. The molecule has 0 aliphatic rings. The molecule has 3 rings (SSSR count). The summed E-state index contributed by atoms with van der Waals surface area (Å²) in [6, 6.07) is 17.0. The molecule has 3 nitrogen and oxygen atoms in total. The molecule has 0 amide bonds. The number of hydrogen-bond acceptors (Lipinski definition) is 2. The van der Waals surface area contributed by atoms with Crippen LogP contribution in [-0.4, -0.2) is 18.1 Å². The molecule has 2 aromatic carbocycles. The minimum Gasteiger partial charge on any atom is -0.361 e. The third-order valence-electron chi connectivity index (χ3n) is 4.00. The Kier molecular flexibility index (Phi) is 7.96. The molecule has 3 heteroatoms. The molecule has 3 aromatic rings. The number of H-pyrrole nitrogens is 1. The van der Waals surface area contributed by atoms with Gasteiger partial charge in [0.25, 0.3) is 0 Å². The number of nitrogens with one attached hydrogen (secondary N) is 2. The van der Waals surface area contributed by atoms with E-state index in [-0.39, 0.29) is 0 Å². The molecule has 0 unspecified atom stereocenters. The Morgan fingerprint density at radius 2 is 1.80 bits per heavy atom. The highest BCUT2D eigenvalue weighted by Crippen LogP contribution is 2.17. The lowest BCUT2D eigenvalue weighted by molar-refractivity contribution is 0.688. The molecule has 0 aliphatic heterocycles. The van der Waals surface area contributed by atoms with Crippen molar-refractivity contribution in [2.45, 2.75) is 26.8 Å². The van der Waals surface area contributed by atoms with E-state index in [1.807, 2.05) is 26.0 Å². The fourth-order valence-corrected chi connectivity index (χ4v) is 2.74. The summed E-state index contributed by atoms with van der Waals surface area (Å²) in [4.78, 5) is 3.33. The average Bonchev–Trinajstić information content (AvgIpc) is 3.09. The summed E-state index contributed by atoms with van der Waals surface area (Å²) in [6.07, 6.45) is 7.16. The van der Waals surface area contributed by atoms with Crippen LogP contribution in [0.15, 0.2) is 60.8 Å². The summed E-state index contributed by atoms with van der Waals surface area (Å²) in [6.45, 7) is 6.44. The molecule has 0 radical (unpaired) electrons. The number of nitrogens with two attached hydrogens (primary N) is 1. The lowest BCUT2D eigenvalue weighted by Gasteiger charge is -2.05. The maximum atomic E-state index is 5.46. The van der Waals surface area contributed by atoms with Crippen molar-refractivity contribution in [3.05, 3.63) is 77.5 Å². The van der Waals surface area contributed by atoms with Crippen molar-refractivity contribution in [1.82, 2.24) is 10.3 Å². The van der Waals surface area contributed by atoms with Crippen LogP contribution in [0.4, 0.5) is 0 Å². The minimum absolute atomic E-state index is 0.580. The summed E-state index contributed by atoms with van der Waals surface area (Å²) < 4.78 is 0. The van der Waals surface area contributed by atoms with Gasteiger partial charge >= 0.3 is 0 Å². The SMILES string of the molecule is CC.NC/C=C/c1ccc(CNCCc2c[nH]c3ccccc23)cc1. The van der Waals surface area contributed by atoms with Gasteiger partial charge in [0.1, 0.15) is 0 Å². The third-order valence-corrected chi connectivity index (χ3v) is 4.00. The second kappa shape index (κ2) is 10.5. The van der Waals surface area contributed by atoms with Gasteiger partial charge in [-0.05, 0) is 35.7 Å². The van der Waals surface area contributed by atoms with E-state index in [4.69, 9.17) is 5.73 Å². The Hall–Kier alpha value is -2.36. The molecule has 0 fully saturated rings. The molecule has 0 atom stereocenters. The molecule has 0 saturated carbocycles. The summed E-state index contributed by atoms with van der Waals surface area (Å²) in [5.74, 6) is 0. The summed E-state index contributed by atoms with van der Waals surface area (Å²) in [7, 11) is 0. The van der Waals surface area contributed by atoms with Gasteiger partial charge in [0.15, 0.2) is 0 Å². The largest absolute Gasteiger partial charge is 0.361 e. The summed E-state index contributed by atoms with van der Waals surface area (Å²) in [5, 5.41) is 4.84. The topological polar surface area (TPSA) is 53.8 Å². The highest BCUT2D eigenvalue weighted by atomic mass is 14.8. The first-order valence-corrected chi connectivity index (χ1v) is 9.08. The first-order valence-electron chi connectivity index (χ1n) is 9.08. The molecule has 0 spiro atoms. The summed E-state index contributed by atoms with van der Waals surface area (Å²) >= 11 is 0. The molecular formula is C22H29N3. The van der Waals surface area contributed by atoms with Crippen LogP contribution in [0.25, 0.3) is 17.0 Å². The van der Waals surface area contributed by atoms with Gasteiger partial charge < -0.3 is 16.0 Å². The van der Waals surface area contributed by atoms with Gasteiger partial charge in [-0.1, -0.05) is 68.5 Å². The van der Waals surface area contributed by atoms with E-state index in [2.05, 4.69) is 65.0 Å². The Bertz CT molecular complexity index is 769. The number of para-hydroxylation sites is 1. The van der Waals surface area contributed by atoms with Crippen LogP contribution >= 0.6 is 0 Å². The number of aromatic amines is 1. The first-order chi connectivity index (χ1) is 12.4. The highest BCUT2D eigenvalue weighted by molar-refractivity contribution is 5.83. The predicted octanol–water partition coefficient (Wildman–Crippen LogP) is 4.50. The zero-order chi connectivity index (χ0) is 17.9. The molecule has 0 bridgehead atoms. The van der Waals surface area contributed by atoms with Crippen LogP contribution in [0, 0.1) is 0 Å². The van der Waals surface area contributed by atoms with E-state index < -0.39 is 0 Å². The lowest BCUT2D eigenvalue weighted by Crippen LogP contribution is -2.16. The molecule has 0 saturated heterocycles. The smallest absolute Gasteiger partial charge is 0.0456 e. The van der Waals surface area contributed by atoms with Crippen molar-refractivity contribution >= 4 is 17.0 Å². The van der Waals surface area contributed by atoms with Gasteiger partial charge in [-0.15, -0.1) is 0 Å². The Balaban J connectivity index is 0.00000109. The maximum Gasteiger partial charge on any atom is 0.0456 e. The summed E-state index contributed by atoms with van der Waals surface area (Å²) in [5.41, 5.74) is 10.5. The number of rotatable bonds is 7. The quantitative estimate of drug-likeness (QED) is 0.557. The van der Waals surface area contributed by atoms with Crippen LogP contribution in [0.2, 0.25) is 0 Å². The number of hydrogen-bond donors (Lipinski definition) is 3. The van der Waals surface area contributed by atoms with Crippen molar-refractivity contribution in [3.63, 3.8) is 0 Å². The van der Waals surface area contributed by atoms with Gasteiger partial charge in [-0.2, -0.15) is 0 Å². The van der Waals surface area contributed by atoms with Crippen LogP contribution in [-0.2, 0) is 13.0 Å². The molecule has 1 aromatic heterocycles. The second-order valence-corrected chi connectivity index (χ2v) is 5.67. The number of aromatic nitrogens is 1. The molecular weight excluding hydrogens is 306 g/mol. The van der Waals surface area contributed by atoms with Gasteiger partial charge in [0.2, 0.25) is 0 Å². The molecule has 25 heavy (non-hydrogen) atoms. The first kappa shape index (κ1) is 19.0. The molecule has 0 aliphatic carbocycles. The van der Waals surface area contributed by atoms with Crippen molar-refractivity contribution in [1.29, 1.82) is 0 Å². The Morgan fingerprint density at radius 1 is 1.04 bits per heavy atom. The number of benzene rings is 2.